The third kappa shape index (κ3) is 4.53. The summed E-state index contributed by atoms with van der Waals surface area (Å²) in [5, 5.41) is 19.8. The van der Waals surface area contributed by atoms with Crippen LogP contribution in [-0.2, 0) is 15.3 Å². The number of carbonyl (C=O) groups excluding carboxylic acids is 1. The lowest BCUT2D eigenvalue weighted by Gasteiger charge is -2.06. The van der Waals surface area contributed by atoms with Crippen LogP contribution in [0.1, 0.15) is 18.1 Å². The molecule has 22 heavy (non-hydrogen) atoms. The Morgan fingerprint density at radius 3 is 2.82 bits per heavy atom. The van der Waals surface area contributed by atoms with Crippen molar-refractivity contribution >= 4 is 34.1 Å². The summed E-state index contributed by atoms with van der Waals surface area (Å²) in [6.45, 7) is 1.66. The minimum Gasteiger partial charge on any atom is -0.372 e. The van der Waals surface area contributed by atoms with Gasteiger partial charge in [-0.3, -0.25) is 10.1 Å². The van der Waals surface area contributed by atoms with E-state index in [9.17, 15) is 4.79 Å². The number of rotatable bonds is 6. The summed E-state index contributed by atoms with van der Waals surface area (Å²) in [4.78, 5) is 11.7. The second kappa shape index (κ2) is 7.89. The van der Waals surface area contributed by atoms with Crippen molar-refractivity contribution in [2.24, 2.45) is 0 Å². The van der Waals surface area contributed by atoms with E-state index in [1.807, 2.05) is 12.1 Å². The Bertz CT molecular complexity index is 679. The van der Waals surface area contributed by atoms with Crippen molar-refractivity contribution < 1.29 is 9.53 Å². The summed E-state index contributed by atoms with van der Waals surface area (Å²) in [6, 6.07) is 9.48. The van der Waals surface area contributed by atoms with Crippen molar-refractivity contribution in [2.45, 2.75) is 23.1 Å². The van der Waals surface area contributed by atoms with Gasteiger partial charge in [0.15, 0.2) is 4.34 Å². The molecule has 114 valence electrons. The van der Waals surface area contributed by atoms with E-state index in [1.165, 1.54) is 30.2 Å². The number of nitrogens with zero attached hydrogens (tertiary/aromatic N) is 3. The Morgan fingerprint density at radius 1 is 1.45 bits per heavy atom. The summed E-state index contributed by atoms with van der Waals surface area (Å²) in [5.41, 5.74) is 1.74. The number of methoxy groups -OCH3 is 1. The summed E-state index contributed by atoms with van der Waals surface area (Å²) in [6.07, 6.45) is -0.529. The lowest BCUT2D eigenvalue weighted by atomic mass is 10.2. The average molecular weight is 334 g/mol. The second-order valence-electron chi connectivity index (χ2n) is 4.34. The lowest BCUT2D eigenvalue weighted by Crippen LogP contribution is -2.26. The van der Waals surface area contributed by atoms with E-state index in [0.29, 0.717) is 10.7 Å². The van der Waals surface area contributed by atoms with Crippen molar-refractivity contribution in [3.63, 3.8) is 0 Å². The molecule has 0 aliphatic rings. The number of nitrogens with one attached hydrogen (secondary N) is 1. The van der Waals surface area contributed by atoms with E-state index >= 15 is 0 Å². The van der Waals surface area contributed by atoms with E-state index < -0.39 is 6.10 Å². The number of ether oxygens (including phenoxy) is 1. The molecular formula is C14H14N4O2S2. The van der Waals surface area contributed by atoms with Crippen LogP contribution in [0.15, 0.2) is 28.6 Å². The van der Waals surface area contributed by atoms with Crippen LogP contribution in [0.25, 0.3) is 0 Å². The minimum atomic E-state index is -0.529. The van der Waals surface area contributed by atoms with Crippen molar-refractivity contribution in [1.82, 2.24) is 10.2 Å². The first-order valence-corrected chi connectivity index (χ1v) is 8.21. The predicted molar refractivity (Wildman–Crippen MR) is 85.7 cm³/mol. The van der Waals surface area contributed by atoms with Crippen LogP contribution in [0.5, 0.6) is 0 Å². The van der Waals surface area contributed by atoms with Crippen LogP contribution >= 0.6 is 23.1 Å². The Balaban J connectivity index is 1.89. The number of hydrogen-bond donors (Lipinski definition) is 1. The van der Waals surface area contributed by atoms with Crippen molar-refractivity contribution in [1.29, 1.82) is 5.26 Å². The van der Waals surface area contributed by atoms with Crippen LogP contribution in [0.2, 0.25) is 0 Å². The van der Waals surface area contributed by atoms with E-state index in [1.54, 1.807) is 19.1 Å². The molecular weight excluding hydrogens is 320 g/mol. The number of nitriles is 1. The lowest BCUT2D eigenvalue weighted by molar-refractivity contribution is -0.124. The number of carbonyl (C=O) groups is 1. The van der Waals surface area contributed by atoms with E-state index in [2.05, 4.69) is 21.6 Å². The van der Waals surface area contributed by atoms with Gasteiger partial charge in [0.2, 0.25) is 5.13 Å². The molecule has 8 heteroatoms. The smallest absolute Gasteiger partial charge is 0.255 e. The first-order chi connectivity index (χ1) is 10.6. The zero-order valence-electron chi connectivity index (χ0n) is 12.1. The van der Waals surface area contributed by atoms with E-state index in [0.717, 1.165) is 15.7 Å². The first-order valence-electron chi connectivity index (χ1n) is 6.41. The minimum absolute atomic E-state index is 0.248. The quantitative estimate of drug-likeness (QED) is 0.645. The van der Waals surface area contributed by atoms with Gasteiger partial charge in [0.05, 0.1) is 11.6 Å². The fraction of sp³-hybridized carbons (Fsp3) is 0.286. The van der Waals surface area contributed by atoms with Crippen LogP contribution in [0.4, 0.5) is 5.13 Å². The molecule has 0 aliphatic carbocycles. The first kappa shape index (κ1) is 16.4. The molecule has 1 heterocycles. The zero-order chi connectivity index (χ0) is 15.9. The third-order valence-electron chi connectivity index (χ3n) is 2.80. The van der Waals surface area contributed by atoms with Gasteiger partial charge >= 0.3 is 0 Å². The van der Waals surface area contributed by atoms with Gasteiger partial charge in [-0.2, -0.15) is 5.26 Å². The van der Waals surface area contributed by atoms with Crippen LogP contribution in [0, 0.1) is 11.3 Å². The van der Waals surface area contributed by atoms with Crippen molar-refractivity contribution in [3.05, 3.63) is 35.4 Å². The molecule has 1 amide bonds. The fourth-order valence-corrected chi connectivity index (χ4v) is 3.16. The molecule has 2 rings (SSSR count). The molecule has 0 saturated carbocycles. The number of aromatic nitrogens is 2. The summed E-state index contributed by atoms with van der Waals surface area (Å²) in [5.74, 6) is 0.477. The number of amides is 1. The summed E-state index contributed by atoms with van der Waals surface area (Å²) < 4.78 is 5.70. The molecule has 0 spiro atoms. The molecule has 1 N–H and O–H groups in total. The molecule has 0 bridgehead atoms. The normalized spacial score (nSPS) is 11.7. The molecule has 2 aromatic rings. The highest BCUT2D eigenvalue weighted by Gasteiger charge is 2.14. The van der Waals surface area contributed by atoms with Gasteiger partial charge in [-0.25, -0.2) is 0 Å². The summed E-state index contributed by atoms with van der Waals surface area (Å²) in [7, 11) is 1.48. The maximum Gasteiger partial charge on any atom is 0.255 e. The molecule has 1 atom stereocenters. The Hall–Kier alpha value is -1.95. The van der Waals surface area contributed by atoms with Crippen molar-refractivity contribution in [2.75, 3.05) is 12.4 Å². The number of anilines is 1. The summed E-state index contributed by atoms with van der Waals surface area (Å²) >= 11 is 2.85. The van der Waals surface area contributed by atoms with Gasteiger partial charge in [0.1, 0.15) is 6.10 Å². The molecule has 1 unspecified atom stereocenters. The van der Waals surface area contributed by atoms with Crippen LogP contribution in [-0.4, -0.2) is 29.3 Å². The second-order valence-corrected chi connectivity index (χ2v) is 6.54. The SMILES string of the molecule is COC(C)C(=O)Nc1nnc(SCc2ccc(C#N)cc2)s1. The third-order valence-corrected chi connectivity index (χ3v) is 4.85. The predicted octanol–water partition coefficient (Wildman–Crippen LogP) is 2.68. The maximum atomic E-state index is 11.7. The standard InChI is InChI=1S/C14H14N4O2S2/c1-9(20-2)12(19)16-13-17-18-14(22-13)21-8-11-5-3-10(7-15)4-6-11/h3-6,9H,8H2,1-2H3,(H,16,17,19). The Labute approximate surface area is 136 Å². The van der Waals surface area contributed by atoms with E-state index in [-0.39, 0.29) is 5.91 Å². The average Bonchev–Trinajstić information content (AvgIpc) is 3.00. The topological polar surface area (TPSA) is 87.9 Å². The van der Waals surface area contributed by atoms with Crippen LogP contribution in [0.3, 0.4) is 0 Å². The van der Waals surface area contributed by atoms with Gasteiger partial charge < -0.3 is 4.74 Å². The molecule has 0 aliphatic heterocycles. The molecule has 1 aromatic carbocycles. The number of benzene rings is 1. The molecule has 6 nitrogen and oxygen atoms in total. The highest BCUT2D eigenvalue weighted by atomic mass is 32.2. The Morgan fingerprint density at radius 2 is 2.18 bits per heavy atom. The van der Waals surface area contributed by atoms with E-state index in [4.69, 9.17) is 10.00 Å². The highest BCUT2D eigenvalue weighted by molar-refractivity contribution is 8.00. The zero-order valence-corrected chi connectivity index (χ0v) is 13.7. The number of thioether (sulfide) groups is 1. The molecule has 0 radical (unpaired) electrons. The van der Waals surface area contributed by atoms with Gasteiger partial charge in [0.25, 0.3) is 5.91 Å². The van der Waals surface area contributed by atoms with Gasteiger partial charge in [-0.05, 0) is 24.6 Å². The van der Waals surface area contributed by atoms with Crippen molar-refractivity contribution in [3.8, 4) is 6.07 Å². The monoisotopic (exact) mass is 334 g/mol. The molecule has 0 saturated heterocycles. The van der Waals surface area contributed by atoms with Gasteiger partial charge in [0, 0.05) is 12.9 Å². The van der Waals surface area contributed by atoms with Crippen LogP contribution < -0.4 is 5.32 Å². The Kier molecular flexibility index (Phi) is 5.89. The maximum absolute atomic E-state index is 11.7. The highest BCUT2D eigenvalue weighted by Crippen LogP contribution is 2.28. The fourth-order valence-electron chi connectivity index (χ4n) is 1.45. The molecule has 1 aromatic heterocycles. The van der Waals surface area contributed by atoms with Gasteiger partial charge in [-0.15, -0.1) is 10.2 Å². The largest absolute Gasteiger partial charge is 0.372 e. The number of hydrogen-bond acceptors (Lipinski definition) is 7. The van der Waals surface area contributed by atoms with Gasteiger partial charge in [-0.1, -0.05) is 35.2 Å². The molecule has 0 fully saturated rings.